The molecule has 1 aromatic carbocycles. The van der Waals surface area contributed by atoms with Crippen molar-refractivity contribution >= 4 is 5.97 Å². The highest BCUT2D eigenvalue weighted by molar-refractivity contribution is 5.76. The Morgan fingerprint density at radius 2 is 1.38 bits per heavy atom. The number of benzene rings is 1. The van der Waals surface area contributed by atoms with Gasteiger partial charge in [0, 0.05) is 5.41 Å². The van der Waals surface area contributed by atoms with Crippen LogP contribution in [-0.2, 0) is 9.53 Å². The van der Waals surface area contributed by atoms with E-state index in [9.17, 15) is 9.90 Å². The summed E-state index contributed by atoms with van der Waals surface area (Å²) in [6, 6.07) is 4.98. The van der Waals surface area contributed by atoms with Crippen molar-refractivity contribution in [1.29, 1.82) is 0 Å². The molecule has 0 radical (unpaired) electrons. The van der Waals surface area contributed by atoms with E-state index >= 15 is 0 Å². The number of rotatable bonds is 6. The molecule has 4 saturated carbocycles. The van der Waals surface area contributed by atoms with Crippen LogP contribution in [0, 0.1) is 28.6 Å². The van der Waals surface area contributed by atoms with Gasteiger partial charge in [-0.3, -0.25) is 4.79 Å². The van der Waals surface area contributed by atoms with Gasteiger partial charge in [-0.15, -0.1) is 0 Å². The van der Waals surface area contributed by atoms with Gasteiger partial charge >= 0.3 is 5.97 Å². The van der Waals surface area contributed by atoms with Crippen molar-refractivity contribution in [3.05, 3.63) is 23.8 Å². The lowest BCUT2D eigenvalue weighted by atomic mass is 9.46. The van der Waals surface area contributed by atoms with E-state index < -0.39 is 0 Å². The van der Waals surface area contributed by atoms with Gasteiger partial charge in [0.25, 0.3) is 0 Å². The fourth-order valence-electron chi connectivity index (χ4n) is 6.55. The van der Waals surface area contributed by atoms with Crippen LogP contribution in [0.25, 0.3) is 0 Å². The summed E-state index contributed by atoms with van der Waals surface area (Å²) in [5.74, 6) is 3.02. The Balaban J connectivity index is 0. The van der Waals surface area contributed by atoms with Crippen LogP contribution in [0.4, 0.5) is 0 Å². The maximum Gasteiger partial charge on any atom is 0.312 e. The van der Waals surface area contributed by atoms with E-state index in [-0.39, 0.29) is 63.6 Å². The monoisotopic (exact) mass is 522 g/mol. The quantitative estimate of drug-likeness (QED) is 0.288. The largest absolute Gasteiger partial charge is 0.504 e. The topological polar surface area (TPSA) is 66.8 Å². The van der Waals surface area contributed by atoms with Crippen LogP contribution in [0.15, 0.2) is 18.2 Å². The zero-order valence-electron chi connectivity index (χ0n) is 21.9. The molecule has 4 nitrogen and oxygen atoms in total. The minimum Gasteiger partial charge on any atom is -0.504 e. The highest BCUT2D eigenvalue weighted by Gasteiger charge is 2.59. The Morgan fingerprint density at radius 1 is 0.919 bits per heavy atom. The van der Waals surface area contributed by atoms with Gasteiger partial charge in [-0.05, 0) is 120 Å². The molecule has 0 saturated heterocycles. The minimum absolute atomic E-state index is 0. The van der Waals surface area contributed by atoms with Gasteiger partial charge in [0.1, 0.15) is 5.60 Å². The third kappa shape index (κ3) is 7.90. The molecule has 1 aromatic rings. The second-order valence-corrected chi connectivity index (χ2v) is 12.4. The number of phenolic OH excluding ortho intramolecular Hbond substituents is 2. The Hall–Kier alpha value is -1.71. The SMILES string of the molecule is C.C.C.C.CCC(C)(C)C(=O)OC(C)(C)C12CC3CC(CC(C3)C1)C2.CCC(C)c1ccc(O)c(O)c1. The Bertz CT molecular complexity index is 803. The zero-order chi connectivity index (χ0) is 24.6. The highest BCUT2D eigenvalue weighted by atomic mass is 16.6. The molecule has 1 atom stereocenters. The van der Waals surface area contributed by atoms with E-state index in [1.54, 1.807) is 6.07 Å². The van der Waals surface area contributed by atoms with E-state index in [4.69, 9.17) is 9.84 Å². The summed E-state index contributed by atoms with van der Waals surface area (Å²) in [6.07, 6.45) is 10.0. The third-order valence-electron chi connectivity index (χ3n) is 9.28. The molecule has 37 heavy (non-hydrogen) atoms. The first kappa shape index (κ1) is 37.4. The average Bonchev–Trinajstić information content (AvgIpc) is 2.74. The molecule has 4 heteroatoms. The Labute approximate surface area is 230 Å². The number of phenols is 2. The van der Waals surface area contributed by atoms with Gasteiger partial charge in [-0.25, -0.2) is 0 Å². The summed E-state index contributed by atoms with van der Waals surface area (Å²) in [5.41, 5.74) is 0.639. The third-order valence-corrected chi connectivity index (χ3v) is 9.28. The number of carbonyl (C=O) groups is 1. The zero-order valence-corrected chi connectivity index (χ0v) is 21.9. The fourth-order valence-corrected chi connectivity index (χ4v) is 6.55. The predicted molar refractivity (Wildman–Crippen MR) is 160 cm³/mol. The lowest BCUT2D eigenvalue weighted by molar-refractivity contribution is -0.206. The Kier molecular flexibility index (Phi) is 14.1. The first-order valence-corrected chi connectivity index (χ1v) is 13.1. The minimum atomic E-state index is -0.362. The fraction of sp³-hybridized carbons (Fsp3) is 0.788. The first-order chi connectivity index (χ1) is 15.3. The van der Waals surface area contributed by atoms with Crippen molar-refractivity contribution in [2.75, 3.05) is 0 Å². The summed E-state index contributed by atoms with van der Waals surface area (Å²) in [5, 5.41) is 18.2. The number of esters is 1. The van der Waals surface area contributed by atoms with Gasteiger partial charge in [0.05, 0.1) is 5.41 Å². The van der Waals surface area contributed by atoms with E-state index in [1.165, 1.54) is 44.6 Å². The predicted octanol–water partition coefficient (Wildman–Crippen LogP) is 10.1. The maximum absolute atomic E-state index is 12.6. The van der Waals surface area contributed by atoms with E-state index in [0.717, 1.165) is 36.2 Å². The van der Waals surface area contributed by atoms with Gasteiger partial charge in [0.15, 0.2) is 11.5 Å². The van der Waals surface area contributed by atoms with Crippen LogP contribution < -0.4 is 0 Å². The first-order valence-electron chi connectivity index (χ1n) is 13.1. The van der Waals surface area contributed by atoms with Gasteiger partial charge in [-0.1, -0.05) is 56.5 Å². The van der Waals surface area contributed by atoms with Gasteiger partial charge in [0.2, 0.25) is 0 Å². The maximum atomic E-state index is 12.6. The van der Waals surface area contributed by atoms with Crippen LogP contribution in [0.1, 0.15) is 141 Å². The molecule has 0 heterocycles. The average molecular weight is 523 g/mol. The standard InChI is InChI=1S/C19H32O2.C10H14O2.4CH4/c1-6-17(2,3)16(20)21-18(4,5)19-10-13-7-14(11-19)9-15(8-13)12-19;1-3-7(2)8-4-5-9(11)10(12)6-8;;;;/h13-15H,6-12H2,1-5H3;4-7,11-12H,3H2,1-2H3;4*1H4. The van der Waals surface area contributed by atoms with Crippen molar-refractivity contribution in [3.8, 4) is 11.5 Å². The van der Waals surface area contributed by atoms with Crippen LogP contribution in [0.3, 0.4) is 0 Å². The summed E-state index contributed by atoms with van der Waals surface area (Å²) in [7, 11) is 0. The lowest BCUT2D eigenvalue weighted by Crippen LogP contribution is -2.58. The molecule has 0 aromatic heterocycles. The van der Waals surface area contributed by atoms with E-state index in [2.05, 4.69) is 34.6 Å². The Morgan fingerprint density at radius 3 is 1.76 bits per heavy atom. The number of carbonyl (C=O) groups excluding carboxylic acids is 1. The molecule has 0 amide bonds. The smallest absolute Gasteiger partial charge is 0.312 e. The molecule has 5 rings (SSSR count). The molecule has 0 aliphatic heterocycles. The molecule has 4 bridgehead atoms. The van der Waals surface area contributed by atoms with Gasteiger partial charge < -0.3 is 14.9 Å². The molecule has 0 spiro atoms. The number of hydrogen-bond donors (Lipinski definition) is 2. The van der Waals surface area contributed by atoms with Crippen LogP contribution in [0.2, 0.25) is 0 Å². The molecule has 4 aliphatic carbocycles. The van der Waals surface area contributed by atoms with Gasteiger partial charge in [-0.2, -0.15) is 0 Å². The van der Waals surface area contributed by atoms with Crippen molar-refractivity contribution < 1.29 is 19.7 Å². The summed E-state index contributed by atoms with van der Waals surface area (Å²) >= 11 is 0. The van der Waals surface area contributed by atoms with Crippen LogP contribution in [0.5, 0.6) is 11.5 Å². The molecular formula is C33H62O4. The highest BCUT2D eigenvalue weighted by Crippen LogP contribution is 2.64. The second kappa shape index (κ2) is 13.9. The number of ether oxygens (including phenoxy) is 1. The van der Waals surface area contributed by atoms with Crippen LogP contribution in [-0.4, -0.2) is 21.8 Å². The summed E-state index contributed by atoms with van der Waals surface area (Å²) in [6.45, 7) is 14.6. The van der Waals surface area contributed by atoms with Crippen molar-refractivity contribution in [3.63, 3.8) is 0 Å². The second-order valence-electron chi connectivity index (χ2n) is 12.4. The number of aromatic hydroxyl groups is 2. The number of hydrogen-bond acceptors (Lipinski definition) is 4. The molecule has 1 unspecified atom stereocenters. The van der Waals surface area contributed by atoms with Crippen molar-refractivity contribution in [2.45, 2.75) is 141 Å². The van der Waals surface area contributed by atoms with Crippen LogP contribution >= 0.6 is 0 Å². The van der Waals surface area contributed by atoms with E-state index in [1.807, 2.05) is 19.9 Å². The van der Waals surface area contributed by atoms with Crippen molar-refractivity contribution in [2.24, 2.45) is 28.6 Å². The van der Waals surface area contributed by atoms with Crippen molar-refractivity contribution in [1.82, 2.24) is 0 Å². The molecule has 4 aliphatic rings. The molecule has 4 fully saturated rings. The lowest BCUT2D eigenvalue weighted by Gasteiger charge is -2.61. The molecule has 218 valence electrons. The molecular weight excluding hydrogens is 460 g/mol. The summed E-state index contributed by atoms with van der Waals surface area (Å²) in [4.78, 5) is 12.6. The normalized spacial score (nSPS) is 26.1. The van der Waals surface area contributed by atoms with E-state index in [0.29, 0.717) is 5.92 Å². The molecule has 2 N–H and O–H groups in total. The summed E-state index contributed by atoms with van der Waals surface area (Å²) < 4.78 is 6.14.